The third-order valence-corrected chi connectivity index (χ3v) is 7.31. The van der Waals surface area contributed by atoms with E-state index in [0.29, 0.717) is 33.3 Å². The van der Waals surface area contributed by atoms with Crippen LogP contribution in [-0.4, -0.2) is 35.6 Å². The summed E-state index contributed by atoms with van der Waals surface area (Å²) in [5.74, 6) is -1.49. The zero-order valence-corrected chi connectivity index (χ0v) is 23.9. The number of nitrogens with zero attached hydrogens (tertiary/aromatic N) is 1. The standard InChI is InChI=1S/C27H18Cl3F3N2O5S/c1-39-21-7-4-16(27(31,32)33)11-20(21)34-23(36)12-35-25(37)22(41-26(35)38)10-15-8-18(29)24(19(30)9-15)40-13-14-2-5-17(28)6-3-14/h2-11H,12-13H2,1H3,(H,34,36)/b22-10-. The largest absolute Gasteiger partial charge is 0.495 e. The number of hydrogen-bond donors (Lipinski definition) is 1. The van der Waals surface area contributed by atoms with Crippen LogP contribution in [0.3, 0.4) is 0 Å². The van der Waals surface area contributed by atoms with Crippen molar-refractivity contribution >= 4 is 75.4 Å². The molecule has 0 saturated carbocycles. The first-order valence-corrected chi connectivity index (χ1v) is 13.5. The highest BCUT2D eigenvalue weighted by molar-refractivity contribution is 8.18. The number of benzene rings is 3. The number of ether oxygens (including phenoxy) is 2. The molecule has 7 nitrogen and oxygen atoms in total. The van der Waals surface area contributed by atoms with Gasteiger partial charge in [-0.15, -0.1) is 0 Å². The molecule has 214 valence electrons. The summed E-state index contributed by atoms with van der Waals surface area (Å²) in [5.41, 5.74) is -0.0590. The number of thioether (sulfide) groups is 1. The fourth-order valence-electron chi connectivity index (χ4n) is 3.64. The molecule has 3 aromatic carbocycles. The van der Waals surface area contributed by atoms with Gasteiger partial charge in [0.15, 0.2) is 5.75 Å². The fraction of sp³-hybridized carbons (Fsp3) is 0.148. The van der Waals surface area contributed by atoms with Crippen LogP contribution >= 0.6 is 46.6 Å². The Kier molecular flexibility index (Phi) is 9.43. The number of amides is 3. The van der Waals surface area contributed by atoms with Crippen molar-refractivity contribution in [3.8, 4) is 11.5 Å². The van der Waals surface area contributed by atoms with Crippen molar-refractivity contribution in [3.63, 3.8) is 0 Å². The Balaban J connectivity index is 1.45. The van der Waals surface area contributed by atoms with Gasteiger partial charge in [0.2, 0.25) is 5.91 Å². The van der Waals surface area contributed by atoms with E-state index in [-0.39, 0.29) is 38.7 Å². The molecule has 0 unspecified atom stereocenters. The maximum absolute atomic E-state index is 13.1. The number of anilines is 1. The molecule has 0 bridgehead atoms. The van der Waals surface area contributed by atoms with Crippen LogP contribution in [0.25, 0.3) is 6.08 Å². The van der Waals surface area contributed by atoms with E-state index < -0.39 is 35.3 Å². The van der Waals surface area contributed by atoms with Gasteiger partial charge in [-0.05, 0) is 71.4 Å². The molecular weight excluding hydrogens is 628 g/mol. The zero-order valence-electron chi connectivity index (χ0n) is 20.9. The smallest absolute Gasteiger partial charge is 0.416 e. The van der Waals surface area contributed by atoms with Crippen molar-refractivity contribution in [1.29, 1.82) is 0 Å². The first-order chi connectivity index (χ1) is 19.3. The lowest BCUT2D eigenvalue weighted by molar-refractivity contribution is -0.137. The number of carbonyl (C=O) groups excluding carboxylic acids is 3. The second-order valence-electron chi connectivity index (χ2n) is 8.46. The van der Waals surface area contributed by atoms with E-state index in [0.717, 1.165) is 17.7 Å². The van der Waals surface area contributed by atoms with Gasteiger partial charge in [0.1, 0.15) is 18.9 Å². The van der Waals surface area contributed by atoms with E-state index in [2.05, 4.69) is 5.32 Å². The van der Waals surface area contributed by atoms with Crippen LogP contribution in [0.5, 0.6) is 11.5 Å². The molecular formula is C27H18Cl3F3N2O5S. The first kappa shape index (κ1) is 30.6. The van der Waals surface area contributed by atoms with E-state index in [1.165, 1.54) is 25.3 Å². The molecule has 0 aromatic heterocycles. The van der Waals surface area contributed by atoms with Gasteiger partial charge in [-0.25, -0.2) is 0 Å². The summed E-state index contributed by atoms with van der Waals surface area (Å²) in [4.78, 5) is 38.6. The molecule has 0 radical (unpaired) electrons. The third-order valence-electron chi connectivity index (χ3n) is 5.59. The Labute approximate surface area is 251 Å². The normalized spacial score (nSPS) is 14.5. The molecule has 0 spiro atoms. The quantitative estimate of drug-likeness (QED) is 0.251. The molecule has 1 N–H and O–H groups in total. The minimum Gasteiger partial charge on any atom is -0.495 e. The molecule has 1 aliphatic heterocycles. The van der Waals surface area contributed by atoms with Gasteiger partial charge in [-0.1, -0.05) is 46.9 Å². The lowest BCUT2D eigenvalue weighted by Crippen LogP contribution is -2.36. The average Bonchev–Trinajstić information content (AvgIpc) is 3.15. The minimum atomic E-state index is -4.66. The van der Waals surface area contributed by atoms with E-state index in [9.17, 15) is 27.6 Å². The number of alkyl halides is 3. The van der Waals surface area contributed by atoms with Gasteiger partial charge in [-0.2, -0.15) is 13.2 Å². The van der Waals surface area contributed by atoms with E-state index in [1.807, 2.05) is 0 Å². The molecule has 0 aliphatic carbocycles. The SMILES string of the molecule is COc1ccc(C(F)(F)F)cc1NC(=O)CN1C(=O)S/C(=C\c2cc(Cl)c(OCc3ccc(Cl)cc3)c(Cl)c2)C1=O. The number of hydrogen-bond acceptors (Lipinski definition) is 6. The molecule has 0 atom stereocenters. The third kappa shape index (κ3) is 7.48. The minimum absolute atomic E-state index is 0.0126. The summed E-state index contributed by atoms with van der Waals surface area (Å²) >= 11 is 19.2. The Morgan fingerprint density at radius 2 is 1.68 bits per heavy atom. The molecule has 1 aliphatic rings. The second-order valence-corrected chi connectivity index (χ2v) is 10.7. The molecule has 14 heteroatoms. The predicted molar refractivity (Wildman–Crippen MR) is 152 cm³/mol. The Morgan fingerprint density at radius 1 is 1.02 bits per heavy atom. The van der Waals surface area contributed by atoms with Crippen LogP contribution < -0.4 is 14.8 Å². The van der Waals surface area contributed by atoms with Crippen molar-refractivity contribution in [2.45, 2.75) is 12.8 Å². The number of rotatable bonds is 8. The van der Waals surface area contributed by atoms with Gasteiger partial charge in [-0.3, -0.25) is 19.3 Å². The maximum atomic E-state index is 13.1. The number of methoxy groups -OCH3 is 1. The number of imide groups is 1. The predicted octanol–water partition coefficient (Wildman–Crippen LogP) is 7.93. The van der Waals surface area contributed by atoms with Crippen LogP contribution in [0.4, 0.5) is 23.7 Å². The number of carbonyl (C=O) groups is 3. The molecule has 41 heavy (non-hydrogen) atoms. The molecule has 1 heterocycles. The van der Waals surface area contributed by atoms with Gasteiger partial charge >= 0.3 is 6.18 Å². The Morgan fingerprint density at radius 3 is 2.29 bits per heavy atom. The van der Waals surface area contributed by atoms with Crippen molar-refractivity contribution < 1.29 is 37.0 Å². The summed E-state index contributed by atoms with van der Waals surface area (Å²) in [5, 5.41) is 2.41. The molecule has 1 saturated heterocycles. The molecule has 4 rings (SSSR count). The van der Waals surface area contributed by atoms with E-state index in [1.54, 1.807) is 24.3 Å². The van der Waals surface area contributed by atoms with Gasteiger partial charge < -0.3 is 14.8 Å². The topological polar surface area (TPSA) is 84.9 Å². The van der Waals surface area contributed by atoms with Crippen molar-refractivity contribution in [3.05, 3.63) is 91.3 Å². The van der Waals surface area contributed by atoms with Crippen LogP contribution in [0, 0.1) is 0 Å². The van der Waals surface area contributed by atoms with Gasteiger partial charge in [0.05, 0.1) is 33.3 Å². The van der Waals surface area contributed by atoms with Crippen LogP contribution in [0.2, 0.25) is 15.1 Å². The summed E-state index contributed by atoms with van der Waals surface area (Å²) in [7, 11) is 1.22. The average molecular weight is 646 g/mol. The number of halogens is 6. The van der Waals surface area contributed by atoms with Gasteiger partial charge in [0.25, 0.3) is 11.1 Å². The Hall–Kier alpha value is -3.38. The maximum Gasteiger partial charge on any atom is 0.416 e. The summed E-state index contributed by atoms with van der Waals surface area (Å²) in [6.07, 6.45) is -3.28. The highest BCUT2D eigenvalue weighted by Crippen LogP contribution is 2.38. The van der Waals surface area contributed by atoms with Crippen LogP contribution in [0.1, 0.15) is 16.7 Å². The second kappa shape index (κ2) is 12.6. The zero-order chi connectivity index (χ0) is 29.9. The molecule has 1 fully saturated rings. The van der Waals surface area contributed by atoms with Crippen molar-refractivity contribution in [2.24, 2.45) is 0 Å². The highest BCUT2D eigenvalue weighted by Gasteiger charge is 2.37. The van der Waals surface area contributed by atoms with Gasteiger partial charge in [0, 0.05) is 5.02 Å². The Bertz CT molecular complexity index is 1530. The van der Waals surface area contributed by atoms with Crippen LogP contribution in [0.15, 0.2) is 59.5 Å². The van der Waals surface area contributed by atoms with E-state index >= 15 is 0 Å². The number of nitrogens with one attached hydrogen (secondary N) is 1. The lowest BCUT2D eigenvalue weighted by Gasteiger charge is -2.16. The lowest BCUT2D eigenvalue weighted by atomic mass is 10.1. The molecule has 3 aromatic rings. The van der Waals surface area contributed by atoms with E-state index in [4.69, 9.17) is 44.3 Å². The summed E-state index contributed by atoms with van der Waals surface area (Å²) in [6.45, 7) is -0.566. The summed E-state index contributed by atoms with van der Waals surface area (Å²) < 4.78 is 50.0. The van der Waals surface area contributed by atoms with Crippen LogP contribution in [-0.2, 0) is 22.4 Å². The fourth-order valence-corrected chi connectivity index (χ4v) is 5.22. The monoisotopic (exact) mass is 644 g/mol. The highest BCUT2D eigenvalue weighted by atomic mass is 35.5. The first-order valence-electron chi connectivity index (χ1n) is 11.5. The summed E-state index contributed by atoms with van der Waals surface area (Å²) in [6, 6.07) is 12.5. The van der Waals surface area contributed by atoms with Crippen molar-refractivity contribution in [1.82, 2.24) is 4.90 Å². The molecule has 3 amide bonds. The van der Waals surface area contributed by atoms with Crippen molar-refractivity contribution in [2.75, 3.05) is 19.0 Å².